The number of carboxylic acid groups (broad SMARTS) is 1. The molecule has 0 aromatic heterocycles. The molecule has 0 fully saturated rings. The minimum absolute atomic E-state index is 0.341. The van der Waals surface area contributed by atoms with E-state index < -0.39 is 37.6 Å². The molecule has 1 aromatic rings. The van der Waals surface area contributed by atoms with Crippen molar-refractivity contribution in [1.82, 2.24) is 4.72 Å². The van der Waals surface area contributed by atoms with Gasteiger partial charge in [-0.05, 0) is 18.1 Å². The average molecular weight is 347 g/mol. The van der Waals surface area contributed by atoms with Gasteiger partial charge in [-0.25, -0.2) is 16.8 Å². The van der Waals surface area contributed by atoms with E-state index in [1.165, 1.54) is 6.08 Å². The quantitative estimate of drug-likeness (QED) is 0.705. The van der Waals surface area contributed by atoms with Gasteiger partial charge in [0.1, 0.15) is 15.9 Å². The summed E-state index contributed by atoms with van der Waals surface area (Å²) >= 11 is 0. The Morgan fingerprint density at radius 3 is 2.32 bits per heavy atom. The van der Waals surface area contributed by atoms with Crippen LogP contribution >= 0.6 is 0 Å². The van der Waals surface area contributed by atoms with Crippen molar-refractivity contribution in [3.8, 4) is 0 Å². The van der Waals surface area contributed by atoms with E-state index in [0.717, 1.165) is 11.7 Å². The van der Waals surface area contributed by atoms with Gasteiger partial charge in [-0.2, -0.15) is 4.72 Å². The van der Waals surface area contributed by atoms with Crippen molar-refractivity contribution in [3.05, 3.63) is 41.3 Å². The first-order valence-corrected chi connectivity index (χ1v) is 9.86. The van der Waals surface area contributed by atoms with Gasteiger partial charge in [0.05, 0.1) is 5.75 Å². The number of sulfone groups is 1. The van der Waals surface area contributed by atoms with Gasteiger partial charge >= 0.3 is 5.97 Å². The van der Waals surface area contributed by atoms with Crippen LogP contribution in [-0.2, 0) is 24.7 Å². The summed E-state index contributed by atoms with van der Waals surface area (Å²) < 4.78 is 47.7. The fraction of sp³-hybridized carbons (Fsp3) is 0.308. The van der Waals surface area contributed by atoms with Crippen LogP contribution in [0.4, 0.5) is 0 Å². The van der Waals surface area contributed by atoms with E-state index in [2.05, 4.69) is 0 Å². The molecule has 0 saturated heterocycles. The molecule has 7 nitrogen and oxygen atoms in total. The molecular formula is C13H17NO6S2. The highest BCUT2D eigenvalue weighted by atomic mass is 32.2. The van der Waals surface area contributed by atoms with Crippen LogP contribution in [0.25, 0.3) is 6.08 Å². The SMILES string of the molecule is CS(=O)(=O)CC[C@@H](NS(=O)(=O)/C=C/c1ccccc1)C(=O)O. The van der Waals surface area contributed by atoms with Crippen molar-refractivity contribution < 1.29 is 26.7 Å². The van der Waals surface area contributed by atoms with Crippen molar-refractivity contribution in [2.24, 2.45) is 0 Å². The lowest BCUT2D eigenvalue weighted by atomic mass is 10.2. The van der Waals surface area contributed by atoms with Crippen molar-refractivity contribution in [1.29, 1.82) is 0 Å². The molecule has 122 valence electrons. The summed E-state index contributed by atoms with van der Waals surface area (Å²) in [5.41, 5.74) is 0.635. The van der Waals surface area contributed by atoms with Gasteiger partial charge in [-0.15, -0.1) is 0 Å². The molecule has 1 rings (SSSR count). The van der Waals surface area contributed by atoms with Gasteiger partial charge < -0.3 is 5.11 Å². The molecular weight excluding hydrogens is 330 g/mol. The maximum absolute atomic E-state index is 11.8. The largest absolute Gasteiger partial charge is 0.480 e. The molecule has 0 unspecified atom stereocenters. The molecule has 2 N–H and O–H groups in total. The summed E-state index contributed by atoms with van der Waals surface area (Å²) in [6.07, 6.45) is 1.93. The predicted octanol–water partition coefficient (Wildman–Crippen LogP) is 0.465. The Hall–Kier alpha value is -1.71. The lowest BCUT2D eigenvalue weighted by Gasteiger charge is -2.12. The summed E-state index contributed by atoms with van der Waals surface area (Å²) in [5.74, 6) is -1.85. The molecule has 0 aliphatic heterocycles. The van der Waals surface area contributed by atoms with Gasteiger partial charge in [0, 0.05) is 11.7 Å². The zero-order chi connectivity index (χ0) is 16.8. The van der Waals surface area contributed by atoms with Gasteiger partial charge in [-0.1, -0.05) is 30.3 Å². The Morgan fingerprint density at radius 1 is 1.23 bits per heavy atom. The third-order valence-corrected chi connectivity index (χ3v) is 4.71. The molecule has 0 amide bonds. The second kappa shape index (κ2) is 7.52. The van der Waals surface area contributed by atoms with Crippen molar-refractivity contribution in [3.63, 3.8) is 0 Å². The van der Waals surface area contributed by atoms with Gasteiger partial charge in [0.15, 0.2) is 0 Å². The van der Waals surface area contributed by atoms with E-state index >= 15 is 0 Å². The zero-order valence-electron chi connectivity index (χ0n) is 11.8. The van der Waals surface area contributed by atoms with Crippen LogP contribution in [0.5, 0.6) is 0 Å². The smallest absolute Gasteiger partial charge is 0.321 e. The van der Waals surface area contributed by atoms with E-state index in [1.807, 2.05) is 4.72 Å². The van der Waals surface area contributed by atoms with E-state index in [4.69, 9.17) is 5.11 Å². The standard InChI is InChI=1S/C13H17NO6S2/c1-21(17,18)9-8-12(13(15)16)14-22(19,20)10-7-11-5-3-2-4-6-11/h2-7,10,12,14H,8-9H2,1H3,(H,15,16)/b10-7+/t12-/m1/s1. The summed E-state index contributed by atoms with van der Waals surface area (Å²) in [6, 6.07) is 7.10. The molecule has 0 heterocycles. The number of carbonyl (C=O) groups is 1. The van der Waals surface area contributed by atoms with Crippen LogP contribution in [0.15, 0.2) is 35.7 Å². The first-order chi connectivity index (χ1) is 10.1. The number of rotatable bonds is 8. The highest BCUT2D eigenvalue weighted by Gasteiger charge is 2.23. The maximum Gasteiger partial charge on any atom is 0.321 e. The molecule has 0 radical (unpaired) electrons. The first-order valence-electron chi connectivity index (χ1n) is 6.25. The summed E-state index contributed by atoms with van der Waals surface area (Å²) in [4.78, 5) is 11.0. The fourth-order valence-corrected chi connectivity index (χ4v) is 3.23. The van der Waals surface area contributed by atoms with Gasteiger partial charge in [-0.3, -0.25) is 4.79 Å². The monoisotopic (exact) mass is 347 g/mol. The molecule has 9 heteroatoms. The van der Waals surface area contributed by atoms with E-state index in [0.29, 0.717) is 5.56 Å². The third-order valence-electron chi connectivity index (χ3n) is 2.62. The number of carboxylic acids is 1. The molecule has 0 saturated carbocycles. The minimum Gasteiger partial charge on any atom is -0.480 e. The molecule has 0 spiro atoms. The van der Waals surface area contributed by atoms with E-state index in [1.54, 1.807) is 30.3 Å². The Bertz CT molecular complexity index is 738. The van der Waals surface area contributed by atoms with Crippen LogP contribution in [-0.4, -0.2) is 46.0 Å². The number of nitrogens with one attached hydrogen (secondary N) is 1. The van der Waals surface area contributed by atoms with Crippen molar-refractivity contribution in [2.75, 3.05) is 12.0 Å². The summed E-state index contributed by atoms with van der Waals surface area (Å²) in [7, 11) is -7.38. The third kappa shape index (κ3) is 7.34. The lowest BCUT2D eigenvalue weighted by Crippen LogP contribution is -2.40. The first kappa shape index (κ1) is 18.3. The molecule has 0 aliphatic rings. The Morgan fingerprint density at radius 2 is 1.82 bits per heavy atom. The van der Waals surface area contributed by atoms with Crippen molar-refractivity contribution in [2.45, 2.75) is 12.5 Å². The average Bonchev–Trinajstić information content (AvgIpc) is 2.41. The topological polar surface area (TPSA) is 118 Å². The van der Waals surface area contributed by atoms with Crippen LogP contribution in [0, 0.1) is 0 Å². The number of aliphatic carboxylic acids is 1. The maximum atomic E-state index is 11.8. The van der Waals surface area contributed by atoms with Gasteiger partial charge in [0.25, 0.3) is 0 Å². The number of hydrogen-bond donors (Lipinski definition) is 2. The number of benzene rings is 1. The molecule has 22 heavy (non-hydrogen) atoms. The van der Waals surface area contributed by atoms with Crippen LogP contribution in [0.2, 0.25) is 0 Å². The van der Waals surface area contributed by atoms with Crippen LogP contribution < -0.4 is 4.72 Å². The normalized spacial score (nSPS) is 14.0. The number of hydrogen-bond acceptors (Lipinski definition) is 5. The summed E-state index contributed by atoms with van der Waals surface area (Å²) in [6.45, 7) is 0. The summed E-state index contributed by atoms with van der Waals surface area (Å²) in [5, 5.41) is 9.82. The molecule has 0 bridgehead atoms. The Balaban J connectivity index is 2.79. The van der Waals surface area contributed by atoms with Crippen molar-refractivity contribution >= 4 is 31.9 Å². The van der Waals surface area contributed by atoms with E-state index in [9.17, 15) is 21.6 Å². The lowest BCUT2D eigenvalue weighted by molar-refractivity contribution is -0.139. The number of sulfonamides is 1. The van der Waals surface area contributed by atoms with E-state index in [-0.39, 0.29) is 6.42 Å². The van der Waals surface area contributed by atoms with Crippen LogP contribution in [0.3, 0.4) is 0 Å². The second-order valence-electron chi connectivity index (χ2n) is 4.69. The highest BCUT2D eigenvalue weighted by molar-refractivity contribution is 7.92. The molecule has 1 aromatic carbocycles. The van der Waals surface area contributed by atoms with Crippen LogP contribution in [0.1, 0.15) is 12.0 Å². The fourth-order valence-electron chi connectivity index (χ4n) is 1.53. The zero-order valence-corrected chi connectivity index (χ0v) is 13.5. The Kier molecular flexibility index (Phi) is 6.27. The highest BCUT2D eigenvalue weighted by Crippen LogP contribution is 2.05. The molecule has 0 aliphatic carbocycles. The predicted molar refractivity (Wildman–Crippen MR) is 83.3 cm³/mol. The second-order valence-corrected chi connectivity index (χ2v) is 8.54. The molecule has 1 atom stereocenters. The Labute approximate surface area is 129 Å². The minimum atomic E-state index is -4.00. The van der Waals surface area contributed by atoms with Gasteiger partial charge in [0.2, 0.25) is 10.0 Å².